The normalized spacial score (nSPS) is 16.6. The maximum absolute atomic E-state index is 12.2. The van der Waals surface area contributed by atoms with Crippen molar-refractivity contribution in [3.05, 3.63) is 54.6 Å². The van der Waals surface area contributed by atoms with E-state index in [9.17, 15) is 9.59 Å². The molecule has 0 aromatic heterocycles. The molecule has 2 aromatic carbocycles. The van der Waals surface area contributed by atoms with Crippen molar-refractivity contribution in [1.29, 1.82) is 0 Å². The van der Waals surface area contributed by atoms with Crippen molar-refractivity contribution in [3.8, 4) is 11.5 Å². The Morgan fingerprint density at radius 2 is 1.84 bits per heavy atom. The van der Waals surface area contributed by atoms with Gasteiger partial charge >= 0.3 is 0 Å². The van der Waals surface area contributed by atoms with Gasteiger partial charge in [0.05, 0.1) is 13.2 Å². The minimum absolute atomic E-state index is 0.0144. The van der Waals surface area contributed by atoms with Crippen molar-refractivity contribution in [3.63, 3.8) is 0 Å². The lowest BCUT2D eigenvalue weighted by Gasteiger charge is -2.17. The minimum Gasteiger partial charge on any atom is -0.497 e. The molecule has 0 aliphatic carbocycles. The third-order valence-electron chi connectivity index (χ3n) is 3.99. The average molecular weight is 340 g/mol. The molecule has 25 heavy (non-hydrogen) atoms. The number of rotatable bonds is 6. The van der Waals surface area contributed by atoms with Crippen LogP contribution in [0, 0.1) is 0 Å². The van der Waals surface area contributed by atoms with E-state index in [2.05, 4.69) is 5.32 Å². The fraction of sp³-hybridized carbons (Fsp3) is 0.263. The Bertz CT molecular complexity index is 731. The number of carbonyl (C=O) groups excluding carboxylic acids is 2. The van der Waals surface area contributed by atoms with Gasteiger partial charge in [0.2, 0.25) is 5.91 Å². The number of amides is 2. The van der Waals surface area contributed by atoms with Crippen molar-refractivity contribution < 1.29 is 19.1 Å². The van der Waals surface area contributed by atoms with Crippen LogP contribution in [0.3, 0.4) is 0 Å². The summed E-state index contributed by atoms with van der Waals surface area (Å²) in [5.41, 5.74) is 0.795. The summed E-state index contributed by atoms with van der Waals surface area (Å²) >= 11 is 0. The highest BCUT2D eigenvalue weighted by Gasteiger charge is 2.31. The zero-order valence-electron chi connectivity index (χ0n) is 14.0. The molecule has 2 amide bonds. The third kappa shape index (κ3) is 4.29. The zero-order valence-corrected chi connectivity index (χ0v) is 14.0. The number of ether oxygens (including phenoxy) is 2. The Morgan fingerprint density at radius 3 is 2.52 bits per heavy atom. The van der Waals surface area contributed by atoms with Gasteiger partial charge in [0, 0.05) is 18.7 Å². The van der Waals surface area contributed by atoms with Crippen LogP contribution in [0.5, 0.6) is 11.5 Å². The zero-order chi connectivity index (χ0) is 17.6. The molecule has 6 nitrogen and oxygen atoms in total. The molecule has 1 aliphatic rings. The number of benzene rings is 2. The lowest BCUT2D eigenvalue weighted by molar-refractivity contribution is -0.123. The molecule has 1 saturated heterocycles. The fourth-order valence-electron chi connectivity index (χ4n) is 2.75. The highest BCUT2D eigenvalue weighted by Crippen LogP contribution is 2.24. The van der Waals surface area contributed by atoms with Gasteiger partial charge in [-0.05, 0) is 36.4 Å². The van der Waals surface area contributed by atoms with E-state index < -0.39 is 0 Å². The summed E-state index contributed by atoms with van der Waals surface area (Å²) < 4.78 is 10.5. The van der Waals surface area contributed by atoms with Gasteiger partial charge in [0.15, 0.2) is 6.61 Å². The van der Waals surface area contributed by atoms with Crippen molar-refractivity contribution in [2.45, 2.75) is 12.5 Å². The number of carbonyl (C=O) groups is 2. The molecule has 1 heterocycles. The van der Waals surface area contributed by atoms with Gasteiger partial charge in [0.25, 0.3) is 5.91 Å². The van der Waals surface area contributed by atoms with Crippen molar-refractivity contribution in [2.75, 3.05) is 25.2 Å². The first-order valence-electron chi connectivity index (χ1n) is 8.07. The maximum Gasteiger partial charge on any atom is 0.258 e. The van der Waals surface area contributed by atoms with E-state index in [1.807, 2.05) is 42.5 Å². The van der Waals surface area contributed by atoms with Crippen LogP contribution in [0.15, 0.2) is 54.6 Å². The first kappa shape index (κ1) is 16.8. The second-order valence-electron chi connectivity index (χ2n) is 5.77. The monoisotopic (exact) mass is 340 g/mol. The predicted molar refractivity (Wildman–Crippen MR) is 93.8 cm³/mol. The van der Waals surface area contributed by atoms with Crippen LogP contribution in [0.1, 0.15) is 6.42 Å². The third-order valence-corrected chi connectivity index (χ3v) is 3.99. The molecule has 1 N–H and O–H groups in total. The van der Waals surface area contributed by atoms with Crippen molar-refractivity contribution in [1.82, 2.24) is 5.32 Å². The number of methoxy groups -OCH3 is 1. The van der Waals surface area contributed by atoms with Crippen LogP contribution < -0.4 is 19.7 Å². The largest absolute Gasteiger partial charge is 0.497 e. The molecule has 1 atom stereocenters. The molecule has 1 aliphatic heterocycles. The highest BCUT2D eigenvalue weighted by atomic mass is 16.5. The highest BCUT2D eigenvalue weighted by molar-refractivity contribution is 5.97. The van der Waals surface area contributed by atoms with Crippen LogP contribution in [0.2, 0.25) is 0 Å². The molecular formula is C19H20N2O4. The summed E-state index contributed by atoms with van der Waals surface area (Å²) in [6, 6.07) is 16.2. The Hall–Kier alpha value is -3.02. The van der Waals surface area contributed by atoms with Crippen LogP contribution in [-0.2, 0) is 9.59 Å². The molecule has 0 unspecified atom stereocenters. The van der Waals surface area contributed by atoms with Crippen molar-refractivity contribution >= 4 is 17.5 Å². The van der Waals surface area contributed by atoms with Crippen LogP contribution in [0.4, 0.5) is 5.69 Å². The van der Waals surface area contributed by atoms with Gasteiger partial charge in [-0.25, -0.2) is 0 Å². The Labute approximate surface area is 146 Å². The summed E-state index contributed by atoms with van der Waals surface area (Å²) in [5.74, 6) is 1.12. The van der Waals surface area contributed by atoms with Gasteiger partial charge in [-0.2, -0.15) is 0 Å². The number of anilines is 1. The minimum atomic E-state index is -0.238. The topological polar surface area (TPSA) is 67.9 Å². The second-order valence-corrected chi connectivity index (χ2v) is 5.77. The SMILES string of the molecule is COc1ccc(N2C[C@@H](NC(=O)COc3ccccc3)CC2=O)cc1. The molecule has 2 aromatic rings. The average Bonchev–Trinajstić information content (AvgIpc) is 3.01. The quantitative estimate of drug-likeness (QED) is 0.873. The summed E-state index contributed by atoms with van der Waals surface area (Å²) in [6.07, 6.45) is 0.281. The second kappa shape index (κ2) is 7.70. The number of nitrogens with zero attached hydrogens (tertiary/aromatic N) is 1. The number of hydrogen-bond donors (Lipinski definition) is 1. The Kier molecular flexibility index (Phi) is 5.18. The summed E-state index contributed by atoms with van der Waals surface area (Å²) in [6.45, 7) is 0.374. The van der Waals surface area contributed by atoms with E-state index in [0.717, 1.165) is 11.4 Å². The fourth-order valence-corrected chi connectivity index (χ4v) is 2.75. The van der Waals surface area contributed by atoms with E-state index in [-0.39, 0.29) is 30.9 Å². The van der Waals surface area contributed by atoms with Gasteiger partial charge < -0.3 is 19.7 Å². The molecule has 0 radical (unpaired) electrons. The van der Waals surface area contributed by atoms with E-state index in [4.69, 9.17) is 9.47 Å². The van der Waals surface area contributed by atoms with Gasteiger partial charge in [-0.3, -0.25) is 9.59 Å². The van der Waals surface area contributed by atoms with Gasteiger partial charge in [-0.15, -0.1) is 0 Å². The van der Waals surface area contributed by atoms with Crippen LogP contribution >= 0.6 is 0 Å². The van der Waals surface area contributed by atoms with E-state index >= 15 is 0 Å². The van der Waals surface area contributed by atoms with Crippen LogP contribution in [-0.4, -0.2) is 38.1 Å². The summed E-state index contributed by atoms with van der Waals surface area (Å²) in [5, 5.41) is 2.85. The molecule has 1 fully saturated rings. The number of nitrogens with one attached hydrogen (secondary N) is 1. The van der Waals surface area contributed by atoms with Crippen LogP contribution in [0.25, 0.3) is 0 Å². The molecule has 3 rings (SSSR count). The maximum atomic E-state index is 12.2. The standard InChI is InChI=1S/C19H20N2O4/c1-24-16-9-7-15(8-10-16)21-12-14(11-19(21)23)20-18(22)13-25-17-5-3-2-4-6-17/h2-10,14H,11-13H2,1H3,(H,20,22)/t14-/m0/s1. The molecule has 130 valence electrons. The first-order chi connectivity index (χ1) is 12.2. The number of hydrogen-bond acceptors (Lipinski definition) is 4. The lowest BCUT2D eigenvalue weighted by atomic mass is 10.2. The molecule has 0 spiro atoms. The lowest BCUT2D eigenvalue weighted by Crippen LogP contribution is -2.39. The summed E-state index contributed by atoms with van der Waals surface area (Å²) in [4.78, 5) is 25.9. The molecule has 0 bridgehead atoms. The Balaban J connectivity index is 1.52. The molecule has 6 heteroatoms. The predicted octanol–water partition coefficient (Wildman–Crippen LogP) is 2.00. The first-order valence-corrected chi connectivity index (χ1v) is 8.07. The smallest absolute Gasteiger partial charge is 0.258 e. The van der Waals surface area contributed by atoms with Crippen molar-refractivity contribution in [2.24, 2.45) is 0 Å². The molecule has 0 saturated carbocycles. The number of para-hydroxylation sites is 1. The van der Waals surface area contributed by atoms with E-state index in [1.165, 1.54) is 0 Å². The van der Waals surface area contributed by atoms with E-state index in [0.29, 0.717) is 12.3 Å². The Morgan fingerprint density at radius 1 is 1.12 bits per heavy atom. The molecular weight excluding hydrogens is 320 g/mol. The van der Waals surface area contributed by atoms with E-state index in [1.54, 1.807) is 24.1 Å². The van der Waals surface area contributed by atoms with Gasteiger partial charge in [0.1, 0.15) is 11.5 Å². The van der Waals surface area contributed by atoms with Gasteiger partial charge in [-0.1, -0.05) is 18.2 Å². The summed E-state index contributed by atoms with van der Waals surface area (Å²) in [7, 11) is 1.60.